The monoisotopic (exact) mass is 214 g/mol. The number of nitrogens with zero attached hydrogens (tertiary/aromatic N) is 1. The minimum atomic E-state index is -0.249. The number of nitrogens with two attached hydrogens (primary N) is 1. The third-order valence-corrected chi connectivity index (χ3v) is 2.95. The molecule has 0 radical (unpaired) electrons. The van der Waals surface area contributed by atoms with Gasteiger partial charge in [-0.15, -0.1) is 0 Å². The lowest BCUT2D eigenvalue weighted by atomic mass is 10.0. The summed E-state index contributed by atoms with van der Waals surface area (Å²) in [6.07, 6.45) is 3.95. The minimum Gasteiger partial charge on any atom is -0.393 e. The molecule has 3 nitrogen and oxygen atoms in total. The highest BCUT2D eigenvalue weighted by atomic mass is 32.1. The number of hydrogen-bond donors (Lipinski definition) is 1. The van der Waals surface area contributed by atoms with Gasteiger partial charge in [0.05, 0.1) is 10.9 Å². The molecular weight excluding hydrogens is 196 g/mol. The zero-order valence-corrected chi connectivity index (χ0v) is 9.64. The van der Waals surface area contributed by atoms with E-state index in [4.69, 9.17) is 18.0 Å². The van der Waals surface area contributed by atoms with E-state index in [0.29, 0.717) is 11.0 Å². The number of rotatable bonds is 5. The molecule has 1 aliphatic rings. The van der Waals surface area contributed by atoms with Gasteiger partial charge in [-0.25, -0.2) is 0 Å². The maximum Gasteiger partial charge on any atom is 0.232 e. The number of carbonyl (C=O) groups excluding carboxylic acids is 1. The van der Waals surface area contributed by atoms with Gasteiger partial charge in [-0.2, -0.15) is 0 Å². The van der Waals surface area contributed by atoms with Crippen LogP contribution in [-0.4, -0.2) is 28.9 Å². The summed E-state index contributed by atoms with van der Waals surface area (Å²) >= 11 is 4.92. The zero-order valence-electron chi connectivity index (χ0n) is 8.82. The Balaban J connectivity index is 2.57. The smallest absolute Gasteiger partial charge is 0.232 e. The third kappa shape index (κ3) is 2.67. The van der Waals surface area contributed by atoms with Crippen molar-refractivity contribution in [1.29, 1.82) is 0 Å². The molecule has 0 aromatic rings. The van der Waals surface area contributed by atoms with Gasteiger partial charge in [0.15, 0.2) is 0 Å². The second kappa shape index (κ2) is 4.73. The summed E-state index contributed by atoms with van der Waals surface area (Å²) in [5.74, 6) is -0.151. The van der Waals surface area contributed by atoms with Gasteiger partial charge >= 0.3 is 0 Å². The van der Waals surface area contributed by atoms with Gasteiger partial charge in [-0.1, -0.05) is 25.6 Å². The molecule has 0 heterocycles. The topological polar surface area (TPSA) is 46.3 Å². The zero-order chi connectivity index (χ0) is 10.7. The van der Waals surface area contributed by atoms with Gasteiger partial charge < -0.3 is 10.6 Å². The highest BCUT2D eigenvalue weighted by Gasteiger charge is 2.33. The van der Waals surface area contributed by atoms with E-state index in [0.717, 1.165) is 25.7 Å². The number of carbonyl (C=O) groups is 1. The summed E-state index contributed by atoms with van der Waals surface area (Å²) in [7, 11) is 1.85. The van der Waals surface area contributed by atoms with Gasteiger partial charge in [0.25, 0.3) is 0 Å². The molecule has 0 bridgehead atoms. The summed E-state index contributed by atoms with van der Waals surface area (Å²) < 4.78 is 0. The van der Waals surface area contributed by atoms with E-state index in [1.165, 1.54) is 0 Å². The first-order chi connectivity index (χ1) is 6.57. The standard InChI is InChI=1S/C10H18N2OS/c1-3-4-8(9(11)14)10(13)12(2)7-5-6-7/h7-8H,3-6H2,1-2H3,(H2,11,14). The largest absolute Gasteiger partial charge is 0.393 e. The van der Waals surface area contributed by atoms with E-state index < -0.39 is 0 Å². The molecule has 1 rings (SSSR count). The lowest BCUT2D eigenvalue weighted by Crippen LogP contribution is -2.40. The van der Waals surface area contributed by atoms with Gasteiger partial charge in [0.1, 0.15) is 0 Å². The van der Waals surface area contributed by atoms with E-state index in [2.05, 4.69) is 0 Å². The molecule has 1 atom stereocenters. The Morgan fingerprint density at radius 2 is 2.21 bits per heavy atom. The molecule has 1 unspecified atom stereocenters. The quantitative estimate of drug-likeness (QED) is 0.702. The van der Waals surface area contributed by atoms with Crippen LogP contribution in [0, 0.1) is 5.92 Å². The van der Waals surface area contributed by atoms with Crippen LogP contribution in [0.3, 0.4) is 0 Å². The summed E-state index contributed by atoms with van der Waals surface area (Å²) in [5, 5.41) is 0. The molecule has 0 spiro atoms. The van der Waals surface area contributed by atoms with Crippen LogP contribution in [0.4, 0.5) is 0 Å². The molecule has 4 heteroatoms. The van der Waals surface area contributed by atoms with E-state index in [1.54, 1.807) is 4.90 Å². The van der Waals surface area contributed by atoms with Crippen molar-refractivity contribution in [2.24, 2.45) is 11.7 Å². The van der Waals surface area contributed by atoms with E-state index in [1.807, 2.05) is 14.0 Å². The first kappa shape index (κ1) is 11.4. The van der Waals surface area contributed by atoms with Crippen molar-refractivity contribution >= 4 is 23.1 Å². The Hall–Kier alpha value is -0.640. The van der Waals surface area contributed by atoms with Crippen LogP contribution in [0.2, 0.25) is 0 Å². The first-order valence-electron chi connectivity index (χ1n) is 5.14. The number of amides is 1. The second-order valence-corrected chi connectivity index (χ2v) is 4.40. The minimum absolute atomic E-state index is 0.0989. The van der Waals surface area contributed by atoms with Crippen LogP contribution in [0.1, 0.15) is 32.6 Å². The van der Waals surface area contributed by atoms with Crippen molar-refractivity contribution in [3.63, 3.8) is 0 Å². The second-order valence-electron chi connectivity index (χ2n) is 3.92. The summed E-state index contributed by atoms with van der Waals surface area (Å²) in [6.45, 7) is 2.04. The Bertz CT molecular complexity index is 238. The molecule has 0 aliphatic heterocycles. The average Bonchev–Trinajstić information content (AvgIpc) is 2.94. The van der Waals surface area contributed by atoms with Crippen molar-refractivity contribution in [2.45, 2.75) is 38.6 Å². The molecule has 0 aromatic carbocycles. The lowest BCUT2D eigenvalue weighted by molar-refractivity contribution is -0.132. The molecule has 1 amide bonds. The average molecular weight is 214 g/mol. The molecule has 0 aromatic heterocycles. The van der Waals surface area contributed by atoms with Crippen LogP contribution in [0.25, 0.3) is 0 Å². The van der Waals surface area contributed by atoms with Gasteiger partial charge in [-0.05, 0) is 19.3 Å². The van der Waals surface area contributed by atoms with E-state index >= 15 is 0 Å². The molecular formula is C10H18N2OS. The van der Waals surface area contributed by atoms with Crippen molar-refractivity contribution in [3.05, 3.63) is 0 Å². The normalized spacial score (nSPS) is 17.6. The van der Waals surface area contributed by atoms with Gasteiger partial charge in [0, 0.05) is 13.1 Å². The molecule has 1 fully saturated rings. The Kier molecular flexibility index (Phi) is 3.86. The van der Waals surface area contributed by atoms with Crippen LogP contribution in [0.5, 0.6) is 0 Å². The fraction of sp³-hybridized carbons (Fsp3) is 0.800. The number of thiocarbonyl (C=S) groups is 1. The highest BCUT2D eigenvalue weighted by Crippen LogP contribution is 2.27. The summed E-state index contributed by atoms with van der Waals surface area (Å²) in [4.78, 5) is 14.1. The molecule has 14 heavy (non-hydrogen) atoms. The predicted molar refractivity (Wildman–Crippen MR) is 61.0 cm³/mol. The van der Waals surface area contributed by atoms with Crippen LogP contribution in [-0.2, 0) is 4.79 Å². The van der Waals surface area contributed by atoms with Gasteiger partial charge in [0.2, 0.25) is 5.91 Å². The molecule has 2 N–H and O–H groups in total. The van der Waals surface area contributed by atoms with E-state index in [-0.39, 0.29) is 11.8 Å². The maximum absolute atomic E-state index is 11.9. The predicted octanol–water partition coefficient (Wildman–Crippen LogP) is 1.31. The SMILES string of the molecule is CCCC(C(=O)N(C)C1CC1)C(N)=S. The van der Waals surface area contributed by atoms with Crippen molar-refractivity contribution in [1.82, 2.24) is 4.90 Å². The molecule has 0 saturated heterocycles. The maximum atomic E-state index is 11.9. The molecule has 1 saturated carbocycles. The van der Waals surface area contributed by atoms with Gasteiger partial charge in [-0.3, -0.25) is 4.79 Å². The first-order valence-corrected chi connectivity index (χ1v) is 5.54. The summed E-state index contributed by atoms with van der Waals surface area (Å²) in [5.41, 5.74) is 5.57. The fourth-order valence-corrected chi connectivity index (χ4v) is 1.78. The summed E-state index contributed by atoms with van der Waals surface area (Å²) in [6, 6.07) is 0.441. The Labute approximate surface area is 90.6 Å². The lowest BCUT2D eigenvalue weighted by Gasteiger charge is -2.22. The van der Waals surface area contributed by atoms with Crippen LogP contribution in [0.15, 0.2) is 0 Å². The molecule has 80 valence electrons. The van der Waals surface area contributed by atoms with Crippen molar-refractivity contribution in [3.8, 4) is 0 Å². The number of hydrogen-bond acceptors (Lipinski definition) is 2. The third-order valence-electron chi connectivity index (χ3n) is 2.66. The van der Waals surface area contributed by atoms with Crippen molar-refractivity contribution in [2.75, 3.05) is 7.05 Å². The Morgan fingerprint density at radius 1 is 1.64 bits per heavy atom. The van der Waals surface area contributed by atoms with Crippen LogP contribution >= 0.6 is 12.2 Å². The fourth-order valence-electron chi connectivity index (χ4n) is 1.56. The van der Waals surface area contributed by atoms with E-state index in [9.17, 15) is 4.79 Å². The van der Waals surface area contributed by atoms with Crippen LogP contribution < -0.4 is 5.73 Å². The Morgan fingerprint density at radius 3 is 2.57 bits per heavy atom. The highest BCUT2D eigenvalue weighted by molar-refractivity contribution is 7.80. The molecule has 1 aliphatic carbocycles. The van der Waals surface area contributed by atoms with Crippen molar-refractivity contribution < 1.29 is 4.79 Å².